The summed E-state index contributed by atoms with van der Waals surface area (Å²) in [5.74, 6) is 0.344. The van der Waals surface area contributed by atoms with Gasteiger partial charge in [-0.2, -0.15) is 0 Å². The molecule has 2 aliphatic carbocycles. The lowest BCUT2D eigenvalue weighted by molar-refractivity contribution is -0.154. The number of ketones is 1. The molecule has 4 atom stereocenters. The molecule has 2 heterocycles. The number of rotatable bonds is 3. The minimum atomic E-state index is -1.14. The zero-order valence-corrected chi connectivity index (χ0v) is 14.4. The average Bonchev–Trinajstić information content (AvgIpc) is 2.95. The number of carbonyl (C=O) groups excluding carboxylic acids is 1. The van der Waals surface area contributed by atoms with Crippen LogP contribution < -0.4 is 4.74 Å². The number of unbranched alkanes of at least 4 members (excludes halogenated alkanes) is 1. The highest BCUT2D eigenvalue weighted by Crippen LogP contribution is 2.63. The fourth-order valence-electron chi connectivity index (χ4n) is 5.64. The van der Waals surface area contributed by atoms with Gasteiger partial charge < -0.3 is 14.9 Å². The molecule has 25 heavy (non-hydrogen) atoms. The molecule has 0 radical (unpaired) electrons. The number of ether oxygens (including phenoxy) is 1. The third-order valence-corrected chi connectivity index (χ3v) is 6.78. The molecule has 0 saturated carbocycles. The molecule has 0 aromatic heterocycles. The largest absolute Gasteiger partial charge is 0.504 e. The first-order valence-electron chi connectivity index (χ1n) is 9.24. The third-order valence-electron chi connectivity index (χ3n) is 6.78. The third kappa shape index (κ3) is 1.64. The lowest BCUT2D eigenvalue weighted by Crippen LogP contribution is -2.75. The zero-order valence-electron chi connectivity index (χ0n) is 14.4. The van der Waals surface area contributed by atoms with E-state index in [1.165, 1.54) is 6.08 Å². The maximum Gasteiger partial charge on any atom is 0.196 e. The summed E-state index contributed by atoms with van der Waals surface area (Å²) in [7, 11) is 0. The Balaban J connectivity index is 1.74. The lowest BCUT2D eigenvalue weighted by Gasteiger charge is -2.60. The van der Waals surface area contributed by atoms with Crippen molar-refractivity contribution in [2.75, 3.05) is 13.1 Å². The van der Waals surface area contributed by atoms with Crippen molar-refractivity contribution in [1.29, 1.82) is 0 Å². The van der Waals surface area contributed by atoms with Crippen molar-refractivity contribution in [3.8, 4) is 11.5 Å². The monoisotopic (exact) mass is 341 g/mol. The summed E-state index contributed by atoms with van der Waals surface area (Å²) in [4.78, 5) is 15.0. The second-order valence-electron chi connectivity index (χ2n) is 7.84. The molecule has 5 nitrogen and oxygen atoms in total. The van der Waals surface area contributed by atoms with Crippen molar-refractivity contribution < 1.29 is 19.7 Å². The van der Waals surface area contributed by atoms with Gasteiger partial charge in [0, 0.05) is 11.6 Å². The Hall–Kier alpha value is -1.85. The van der Waals surface area contributed by atoms with Crippen LogP contribution in [0.3, 0.4) is 0 Å². The van der Waals surface area contributed by atoms with Crippen LogP contribution in [0, 0.1) is 0 Å². The first kappa shape index (κ1) is 15.4. The van der Waals surface area contributed by atoms with Crippen molar-refractivity contribution in [1.82, 2.24) is 4.90 Å². The number of nitrogens with zero attached hydrogens (tertiary/aromatic N) is 1. The smallest absolute Gasteiger partial charge is 0.196 e. The van der Waals surface area contributed by atoms with Gasteiger partial charge in [0.2, 0.25) is 0 Å². The van der Waals surface area contributed by atoms with E-state index in [2.05, 4.69) is 11.8 Å². The summed E-state index contributed by atoms with van der Waals surface area (Å²) in [6, 6.07) is 3.52. The number of piperidine rings is 1. The first-order valence-corrected chi connectivity index (χ1v) is 9.24. The Labute approximate surface area is 146 Å². The van der Waals surface area contributed by atoms with Crippen molar-refractivity contribution in [2.24, 2.45) is 0 Å². The van der Waals surface area contributed by atoms with Gasteiger partial charge in [-0.05, 0) is 56.1 Å². The minimum absolute atomic E-state index is 0.0598. The summed E-state index contributed by atoms with van der Waals surface area (Å²) in [6.45, 7) is 3.96. The van der Waals surface area contributed by atoms with Crippen LogP contribution in [-0.4, -0.2) is 51.7 Å². The van der Waals surface area contributed by atoms with E-state index in [1.54, 1.807) is 12.1 Å². The first-order chi connectivity index (χ1) is 12.0. The summed E-state index contributed by atoms with van der Waals surface area (Å²) in [6.07, 6.45) is 6.03. The Morgan fingerprint density at radius 3 is 3.04 bits per heavy atom. The van der Waals surface area contributed by atoms with Crippen LogP contribution in [0.1, 0.15) is 37.3 Å². The van der Waals surface area contributed by atoms with E-state index in [0.29, 0.717) is 18.6 Å². The quantitative estimate of drug-likeness (QED) is 0.876. The Morgan fingerprint density at radius 1 is 1.40 bits per heavy atom. The highest BCUT2D eigenvalue weighted by atomic mass is 16.5. The van der Waals surface area contributed by atoms with Gasteiger partial charge in [-0.25, -0.2) is 0 Å². The molecule has 0 unspecified atom stereocenters. The Kier molecular flexibility index (Phi) is 3.00. The number of likely N-dealkylation sites (tertiary alicyclic amines) is 1. The van der Waals surface area contributed by atoms with E-state index in [4.69, 9.17) is 4.74 Å². The molecular weight excluding hydrogens is 318 g/mol. The molecule has 2 bridgehead atoms. The van der Waals surface area contributed by atoms with E-state index in [-0.39, 0.29) is 17.6 Å². The van der Waals surface area contributed by atoms with E-state index < -0.39 is 17.1 Å². The fraction of sp³-hybridized carbons (Fsp3) is 0.550. The molecule has 1 aromatic carbocycles. The number of phenolic OH excluding ortho intramolecular Hbond substituents is 1. The predicted octanol–water partition coefficient (Wildman–Crippen LogP) is 1.69. The van der Waals surface area contributed by atoms with E-state index in [9.17, 15) is 15.0 Å². The number of benzene rings is 1. The Bertz CT molecular complexity index is 803. The van der Waals surface area contributed by atoms with Crippen molar-refractivity contribution in [2.45, 2.75) is 55.8 Å². The van der Waals surface area contributed by atoms with Crippen LogP contribution in [-0.2, 0) is 16.6 Å². The molecule has 2 aliphatic heterocycles. The topological polar surface area (TPSA) is 70.0 Å². The highest BCUT2D eigenvalue weighted by molar-refractivity contribution is 5.99. The van der Waals surface area contributed by atoms with Gasteiger partial charge in [0.05, 0.1) is 5.41 Å². The second-order valence-corrected chi connectivity index (χ2v) is 7.84. The van der Waals surface area contributed by atoms with Crippen LogP contribution in [0.25, 0.3) is 0 Å². The molecule has 1 aromatic rings. The lowest BCUT2D eigenvalue weighted by atomic mass is 9.51. The SMILES string of the molecule is CCCCN1CC[C@]23c4c5ccc(O)c4O[C@H]2C(=O)C=C[C@@]3(O)[C@H]1C5. The standard InChI is InChI=1S/C20H23NO4/c1-2-3-9-21-10-8-19-16-12-4-5-13(22)17(16)25-18(19)14(23)6-7-20(19,24)15(21)11-12/h4-7,15,18,22,24H,2-3,8-11H2,1H3/t15-,18+,19+,20-/m1/s1. The van der Waals surface area contributed by atoms with Crippen molar-refractivity contribution in [3.63, 3.8) is 0 Å². The number of aliphatic hydroxyl groups is 1. The molecule has 2 N–H and O–H groups in total. The van der Waals surface area contributed by atoms with Gasteiger partial charge in [-0.1, -0.05) is 19.4 Å². The maximum atomic E-state index is 12.6. The van der Waals surface area contributed by atoms with Crippen molar-refractivity contribution in [3.05, 3.63) is 35.4 Å². The van der Waals surface area contributed by atoms with E-state index in [1.807, 2.05) is 6.07 Å². The van der Waals surface area contributed by atoms with Crippen LogP contribution in [0.2, 0.25) is 0 Å². The van der Waals surface area contributed by atoms with Gasteiger partial charge in [0.15, 0.2) is 23.4 Å². The number of hydrogen-bond donors (Lipinski definition) is 2. The molecule has 0 amide bonds. The molecule has 5 rings (SSSR count). The van der Waals surface area contributed by atoms with Crippen LogP contribution in [0.15, 0.2) is 24.3 Å². The summed E-state index contributed by atoms with van der Waals surface area (Å²) >= 11 is 0. The molecule has 132 valence electrons. The number of phenols is 1. The summed E-state index contributed by atoms with van der Waals surface area (Å²) in [5, 5.41) is 22.1. The van der Waals surface area contributed by atoms with Gasteiger partial charge in [-0.3, -0.25) is 9.69 Å². The van der Waals surface area contributed by atoms with Crippen molar-refractivity contribution >= 4 is 5.78 Å². The van der Waals surface area contributed by atoms with Crippen LogP contribution in [0.4, 0.5) is 0 Å². The molecule has 5 heteroatoms. The summed E-state index contributed by atoms with van der Waals surface area (Å²) in [5.41, 5.74) is 0.0515. The fourth-order valence-corrected chi connectivity index (χ4v) is 5.64. The normalized spacial score (nSPS) is 37.8. The van der Waals surface area contributed by atoms with Gasteiger partial charge >= 0.3 is 0 Å². The Morgan fingerprint density at radius 2 is 2.24 bits per heavy atom. The number of hydrogen-bond acceptors (Lipinski definition) is 5. The van der Waals surface area contributed by atoms with Gasteiger partial charge in [0.1, 0.15) is 5.60 Å². The molecular formula is C20H23NO4. The zero-order chi connectivity index (χ0) is 17.4. The number of carbonyl (C=O) groups is 1. The molecule has 1 spiro atoms. The molecule has 1 saturated heterocycles. The van der Waals surface area contributed by atoms with Crippen LogP contribution in [0.5, 0.6) is 11.5 Å². The highest BCUT2D eigenvalue weighted by Gasteiger charge is 2.71. The number of aromatic hydroxyl groups is 1. The second kappa shape index (κ2) is 4.86. The van der Waals surface area contributed by atoms with Gasteiger partial charge in [-0.15, -0.1) is 0 Å². The molecule has 4 aliphatic rings. The minimum Gasteiger partial charge on any atom is -0.504 e. The predicted molar refractivity (Wildman–Crippen MR) is 91.9 cm³/mol. The average molecular weight is 341 g/mol. The van der Waals surface area contributed by atoms with Gasteiger partial charge in [0.25, 0.3) is 0 Å². The van der Waals surface area contributed by atoms with Crippen LogP contribution >= 0.6 is 0 Å². The molecule has 1 fully saturated rings. The van der Waals surface area contributed by atoms with E-state index >= 15 is 0 Å². The summed E-state index contributed by atoms with van der Waals surface area (Å²) < 4.78 is 5.97. The van der Waals surface area contributed by atoms with E-state index in [0.717, 1.165) is 37.1 Å². The maximum absolute atomic E-state index is 12.6.